The van der Waals surface area contributed by atoms with Crippen molar-refractivity contribution in [1.29, 1.82) is 0 Å². The maximum atomic E-state index is 12.4. The molecule has 0 aliphatic carbocycles. The second kappa shape index (κ2) is 4.29. The molecular weight excluding hydrogens is 233 g/mol. The van der Waals surface area contributed by atoms with Crippen LogP contribution in [0.5, 0.6) is 0 Å². The third kappa shape index (κ3) is 3.34. The van der Waals surface area contributed by atoms with Crippen LogP contribution in [0.4, 0.5) is 13.2 Å². The summed E-state index contributed by atoms with van der Waals surface area (Å²) in [6.07, 6.45) is -6.20. The van der Waals surface area contributed by atoms with E-state index >= 15 is 0 Å². The summed E-state index contributed by atoms with van der Waals surface area (Å²) in [7, 11) is -2.12. The zero-order valence-corrected chi connectivity index (χ0v) is 9.07. The molecule has 1 atom stereocenters. The minimum atomic E-state index is -4.42. The van der Waals surface area contributed by atoms with Crippen molar-refractivity contribution in [2.45, 2.75) is 25.1 Å². The fourth-order valence-corrected chi connectivity index (χ4v) is 3.33. The Kier molecular flexibility index (Phi) is 3.65. The second-order valence-corrected chi connectivity index (χ2v) is 5.99. The number of alkyl halides is 3. The first-order chi connectivity index (χ1) is 6.76. The first kappa shape index (κ1) is 12.8. The number of hydrogen-bond donors (Lipinski definition) is 0. The largest absolute Gasteiger partial charge is 0.414 e. The van der Waals surface area contributed by atoms with E-state index in [0.717, 1.165) is 7.11 Å². The molecule has 0 aromatic carbocycles. The lowest BCUT2D eigenvalue weighted by Crippen LogP contribution is -2.41. The number of rotatable bonds is 2. The Morgan fingerprint density at radius 1 is 1.27 bits per heavy atom. The van der Waals surface area contributed by atoms with Crippen LogP contribution in [-0.2, 0) is 14.6 Å². The fourth-order valence-electron chi connectivity index (χ4n) is 1.80. The maximum absolute atomic E-state index is 12.4. The predicted molar refractivity (Wildman–Crippen MR) is 48.2 cm³/mol. The van der Waals surface area contributed by atoms with Crippen LogP contribution in [0.1, 0.15) is 12.8 Å². The molecule has 0 spiro atoms. The van der Waals surface area contributed by atoms with Crippen molar-refractivity contribution in [1.82, 2.24) is 0 Å². The van der Waals surface area contributed by atoms with E-state index in [2.05, 4.69) is 4.74 Å². The van der Waals surface area contributed by atoms with Crippen LogP contribution in [0, 0.1) is 5.92 Å². The molecule has 1 unspecified atom stereocenters. The molecule has 0 radical (unpaired) electrons. The van der Waals surface area contributed by atoms with E-state index in [1.807, 2.05) is 0 Å². The molecule has 0 bridgehead atoms. The SMILES string of the molecule is COC(C1CCS(=O)(=O)CC1)C(F)(F)F. The van der Waals surface area contributed by atoms with Crippen molar-refractivity contribution in [2.75, 3.05) is 18.6 Å². The van der Waals surface area contributed by atoms with Gasteiger partial charge in [0.15, 0.2) is 6.10 Å². The smallest absolute Gasteiger partial charge is 0.372 e. The van der Waals surface area contributed by atoms with Crippen molar-refractivity contribution < 1.29 is 26.3 Å². The van der Waals surface area contributed by atoms with Crippen LogP contribution < -0.4 is 0 Å². The van der Waals surface area contributed by atoms with Gasteiger partial charge >= 0.3 is 6.18 Å². The highest BCUT2D eigenvalue weighted by atomic mass is 32.2. The summed E-state index contributed by atoms with van der Waals surface area (Å²) in [4.78, 5) is 0. The average Bonchev–Trinajstić information content (AvgIpc) is 2.06. The van der Waals surface area contributed by atoms with E-state index in [0.29, 0.717) is 0 Å². The number of ether oxygens (including phenoxy) is 1. The van der Waals surface area contributed by atoms with Crippen LogP contribution in [0.2, 0.25) is 0 Å². The van der Waals surface area contributed by atoms with Gasteiger partial charge in [0.25, 0.3) is 0 Å². The molecule has 0 saturated carbocycles. The minimum Gasteiger partial charge on any atom is -0.372 e. The van der Waals surface area contributed by atoms with Gasteiger partial charge in [-0.15, -0.1) is 0 Å². The van der Waals surface area contributed by atoms with Gasteiger partial charge in [0.2, 0.25) is 0 Å². The van der Waals surface area contributed by atoms with Crippen molar-refractivity contribution in [3.8, 4) is 0 Å². The quantitative estimate of drug-likeness (QED) is 0.739. The zero-order valence-electron chi connectivity index (χ0n) is 8.25. The number of sulfone groups is 1. The van der Waals surface area contributed by atoms with E-state index in [4.69, 9.17) is 0 Å². The summed E-state index contributed by atoms with van der Waals surface area (Å²) < 4.78 is 63.7. The van der Waals surface area contributed by atoms with Gasteiger partial charge < -0.3 is 4.74 Å². The van der Waals surface area contributed by atoms with Gasteiger partial charge in [-0.05, 0) is 18.8 Å². The second-order valence-electron chi connectivity index (χ2n) is 3.69. The molecule has 15 heavy (non-hydrogen) atoms. The first-order valence-electron chi connectivity index (χ1n) is 4.56. The molecule has 1 aliphatic rings. The molecule has 0 aromatic heterocycles. The lowest BCUT2D eigenvalue weighted by molar-refractivity contribution is -0.229. The first-order valence-corrected chi connectivity index (χ1v) is 6.38. The van der Waals surface area contributed by atoms with Gasteiger partial charge in [-0.25, -0.2) is 8.42 Å². The number of methoxy groups -OCH3 is 1. The van der Waals surface area contributed by atoms with E-state index < -0.39 is 28.0 Å². The Labute approximate surface area is 86.5 Å². The van der Waals surface area contributed by atoms with Gasteiger partial charge in [0.1, 0.15) is 9.84 Å². The summed E-state index contributed by atoms with van der Waals surface area (Å²) in [5.41, 5.74) is 0. The van der Waals surface area contributed by atoms with Crippen LogP contribution in [0.3, 0.4) is 0 Å². The minimum absolute atomic E-state index is 0.0281. The number of halogens is 3. The summed E-state index contributed by atoms with van der Waals surface area (Å²) in [5.74, 6) is -1.08. The topological polar surface area (TPSA) is 43.4 Å². The van der Waals surface area contributed by atoms with Crippen LogP contribution >= 0.6 is 0 Å². The lowest BCUT2D eigenvalue weighted by Gasteiger charge is -2.30. The van der Waals surface area contributed by atoms with Crippen molar-refractivity contribution in [2.24, 2.45) is 5.92 Å². The average molecular weight is 246 g/mol. The molecular formula is C8H13F3O3S. The lowest BCUT2D eigenvalue weighted by atomic mass is 9.95. The Balaban J connectivity index is 2.66. The Morgan fingerprint density at radius 3 is 2.07 bits per heavy atom. The third-order valence-electron chi connectivity index (χ3n) is 2.60. The number of hydrogen-bond acceptors (Lipinski definition) is 3. The van der Waals surface area contributed by atoms with Gasteiger partial charge in [-0.2, -0.15) is 13.2 Å². The van der Waals surface area contributed by atoms with E-state index in [1.165, 1.54) is 0 Å². The van der Waals surface area contributed by atoms with E-state index in [1.54, 1.807) is 0 Å². The molecule has 1 heterocycles. The molecule has 90 valence electrons. The molecule has 3 nitrogen and oxygen atoms in total. The molecule has 7 heteroatoms. The highest BCUT2D eigenvalue weighted by molar-refractivity contribution is 7.91. The van der Waals surface area contributed by atoms with Crippen LogP contribution in [0.15, 0.2) is 0 Å². The van der Waals surface area contributed by atoms with Crippen molar-refractivity contribution >= 4 is 9.84 Å². The van der Waals surface area contributed by atoms with Gasteiger partial charge in [-0.3, -0.25) is 0 Å². The molecule has 0 aromatic rings. The standard InChI is InChI=1S/C8H13F3O3S/c1-14-7(8(9,10)11)6-2-4-15(12,13)5-3-6/h6-7H,2-5H2,1H3. The zero-order chi connectivity index (χ0) is 11.7. The third-order valence-corrected chi connectivity index (χ3v) is 4.32. The fraction of sp³-hybridized carbons (Fsp3) is 1.00. The monoisotopic (exact) mass is 246 g/mol. The van der Waals surface area contributed by atoms with Crippen LogP contribution in [-0.4, -0.2) is 39.3 Å². The van der Waals surface area contributed by atoms with Gasteiger partial charge in [0, 0.05) is 7.11 Å². The maximum Gasteiger partial charge on any atom is 0.414 e. The Morgan fingerprint density at radius 2 is 1.73 bits per heavy atom. The van der Waals surface area contributed by atoms with Crippen molar-refractivity contribution in [3.05, 3.63) is 0 Å². The molecule has 1 aliphatic heterocycles. The molecule has 0 amide bonds. The highest BCUT2D eigenvalue weighted by Gasteiger charge is 2.46. The summed E-state index contributed by atoms with van der Waals surface area (Å²) >= 11 is 0. The van der Waals surface area contributed by atoms with Gasteiger partial charge in [0.05, 0.1) is 11.5 Å². The Bertz CT molecular complexity index is 296. The Hall–Kier alpha value is -0.300. The van der Waals surface area contributed by atoms with E-state index in [9.17, 15) is 21.6 Å². The summed E-state index contributed by atoms with van der Waals surface area (Å²) in [6, 6.07) is 0. The normalized spacial score (nSPS) is 25.1. The molecule has 1 fully saturated rings. The van der Waals surface area contributed by atoms with E-state index in [-0.39, 0.29) is 24.3 Å². The summed E-state index contributed by atoms with van der Waals surface area (Å²) in [6.45, 7) is 0. The predicted octanol–water partition coefficient (Wildman–Crippen LogP) is 1.39. The van der Waals surface area contributed by atoms with Crippen molar-refractivity contribution in [3.63, 3.8) is 0 Å². The molecule has 0 N–H and O–H groups in total. The van der Waals surface area contributed by atoms with Crippen LogP contribution in [0.25, 0.3) is 0 Å². The molecule has 1 rings (SSSR count). The summed E-state index contributed by atoms with van der Waals surface area (Å²) in [5, 5.41) is 0. The molecule has 1 saturated heterocycles. The highest BCUT2D eigenvalue weighted by Crippen LogP contribution is 2.34. The van der Waals surface area contributed by atoms with Gasteiger partial charge in [-0.1, -0.05) is 0 Å².